The summed E-state index contributed by atoms with van der Waals surface area (Å²) in [6.45, 7) is 1.79. The van der Waals surface area contributed by atoms with E-state index in [0.717, 1.165) is 30.1 Å². The van der Waals surface area contributed by atoms with E-state index in [9.17, 15) is 4.79 Å². The van der Waals surface area contributed by atoms with Crippen LogP contribution in [0.2, 0.25) is 0 Å². The molecule has 1 aliphatic rings. The van der Waals surface area contributed by atoms with Crippen LogP contribution < -0.4 is 4.74 Å². The summed E-state index contributed by atoms with van der Waals surface area (Å²) < 4.78 is 4.51. The molecular formula is C8H10N2O3S. The van der Waals surface area contributed by atoms with Crippen LogP contribution in [0.5, 0.6) is 5.19 Å². The first-order valence-corrected chi connectivity index (χ1v) is 5.04. The van der Waals surface area contributed by atoms with Crippen molar-refractivity contribution < 1.29 is 14.6 Å². The highest BCUT2D eigenvalue weighted by Crippen LogP contribution is 2.29. The van der Waals surface area contributed by atoms with E-state index in [1.165, 1.54) is 11.3 Å². The van der Waals surface area contributed by atoms with Gasteiger partial charge in [0, 0.05) is 24.4 Å². The molecule has 2 rings (SSSR count). The van der Waals surface area contributed by atoms with Crippen LogP contribution in [-0.2, 0) is 13.0 Å². The van der Waals surface area contributed by atoms with Gasteiger partial charge in [-0.3, -0.25) is 0 Å². The molecule has 14 heavy (non-hydrogen) atoms. The maximum Gasteiger partial charge on any atom is 0.513 e. The lowest BCUT2D eigenvalue weighted by molar-refractivity contribution is 0.144. The van der Waals surface area contributed by atoms with E-state index in [1.54, 1.807) is 0 Å². The van der Waals surface area contributed by atoms with Crippen molar-refractivity contribution in [2.75, 3.05) is 13.6 Å². The third-order valence-corrected chi connectivity index (χ3v) is 3.04. The third-order valence-electron chi connectivity index (χ3n) is 2.08. The van der Waals surface area contributed by atoms with Gasteiger partial charge in [-0.2, -0.15) is 0 Å². The quantitative estimate of drug-likeness (QED) is 0.711. The first-order chi connectivity index (χ1) is 6.65. The number of ether oxygens (including phenoxy) is 1. The second-order valence-corrected chi connectivity index (χ2v) is 4.25. The maximum atomic E-state index is 10.3. The summed E-state index contributed by atoms with van der Waals surface area (Å²) in [6.07, 6.45) is -0.435. The molecule has 6 heteroatoms. The summed E-state index contributed by atoms with van der Waals surface area (Å²) in [7, 11) is 2.03. The molecule has 0 spiro atoms. The molecule has 0 amide bonds. The van der Waals surface area contributed by atoms with E-state index in [-0.39, 0.29) is 5.19 Å². The summed E-state index contributed by atoms with van der Waals surface area (Å²) in [5.41, 5.74) is 0.976. The molecule has 1 aromatic rings. The minimum Gasteiger partial charge on any atom is -0.449 e. The zero-order chi connectivity index (χ0) is 10.1. The van der Waals surface area contributed by atoms with Crippen molar-refractivity contribution in [1.82, 2.24) is 9.88 Å². The van der Waals surface area contributed by atoms with Gasteiger partial charge >= 0.3 is 6.16 Å². The Morgan fingerprint density at radius 1 is 1.71 bits per heavy atom. The van der Waals surface area contributed by atoms with Crippen molar-refractivity contribution in [3.05, 3.63) is 10.6 Å². The Hall–Kier alpha value is -1.14. The lowest BCUT2D eigenvalue weighted by Gasteiger charge is -2.20. The van der Waals surface area contributed by atoms with E-state index in [1.807, 2.05) is 7.05 Å². The SMILES string of the molecule is CN1CCc2nc(OC(=O)O)sc2C1. The molecule has 1 aliphatic heterocycles. The summed E-state index contributed by atoms with van der Waals surface area (Å²) in [5.74, 6) is 0. The molecule has 0 atom stereocenters. The molecule has 2 heterocycles. The van der Waals surface area contributed by atoms with Gasteiger partial charge in [-0.15, -0.1) is 0 Å². The van der Waals surface area contributed by atoms with Crippen LogP contribution in [0.25, 0.3) is 0 Å². The molecule has 1 N–H and O–H groups in total. The van der Waals surface area contributed by atoms with Gasteiger partial charge in [0.05, 0.1) is 5.69 Å². The third kappa shape index (κ3) is 1.85. The maximum absolute atomic E-state index is 10.3. The van der Waals surface area contributed by atoms with Crippen LogP contribution in [0.1, 0.15) is 10.6 Å². The fourth-order valence-corrected chi connectivity index (χ4v) is 2.45. The second kappa shape index (κ2) is 3.55. The average molecular weight is 214 g/mol. The van der Waals surface area contributed by atoms with Gasteiger partial charge in [0.1, 0.15) is 0 Å². The molecule has 0 bridgehead atoms. The summed E-state index contributed by atoms with van der Waals surface area (Å²) in [6, 6.07) is 0. The van der Waals surface area contributed by atoms with E-state index in [0.29, 0.717) is 0 Å². The highest BCUT2D eigenvalue weighted by atomic mass is 32.1. The first-order valence-electron chi connectivity index (χ1n) is 4.23. The highest BCUT2D eigenvalue weighted by Gasteiger charge is 2.19. The zero-order valence-electron chi connectivity index (χ0n) is 7.69. The molecule has 0 aromatic carbocycles. The van der Waals surface area contributed by atoms with E-state index in [4.69, 9.17) is 5.11 Å². The second-order valence-electron chi connectivity index (χ2n) is 3.21. The summed E-state index contributed by atoms with van der Waals surface area (Å²) in [5, 5.41) is 8.65. The number of rotatable bonds is 1. The topological polar surface area (TPSA) is 62.7 Å². The largest absolute Gasteiger partial charge is 0.513 e. The zero-order valence-corrected chi connectivity index (χ0v) is 8.50. The number of carboxylic acid groups (broad SMARTS) is 1. The minimum absolute atomic E-state index is 0.234. The Morgan fingerprint density at radius 2 is 2.50 bits per heavy atom. The Labute approximate surface area is 84.9 Å². The van der Waals surface area contributed by atoms with Crippen LogP contribution in [-0.4, -0.2) is 34.7 Å². The highest BCUT2D eigenvalue weighted by molar-refractivity contribution is 7.13. The van der Waals surface area contributed by atoms with Crippen molar-refractivity contribution in [1.29, 1.82) is 0 Å². The molecule has 0 saturated heterocycles. The van der Waals surface area contributed by atoms with Crippen LogP contribution >= 0.6 is 11.3 Å². The predicted octanol–water partition coefficient (Wildman–Crippen LogP) is 1.19. The van der Waals surface area contributed by atoms with Crippen LogP contribution in [0.3, 0.4) is 0 Å². The number of hydrogen-bond donors (Lipinski definition) is 1. The van der Waals surface area contributed by atoms with Crippen molar-refractivity contribution in [3.8, 4) is 5.19 Å². The van der Waals surface area contributed by atoms with Gasteiger partial charge in [-0.25, -0.2) is 9.78 Å². The van der Waals surface area contributed by atoms with E-state index < -0.39 is 6.16 Å². The molecule has 76 valence electrons. The van der Waals surface area contributed by atoms with Gasteiger partial charge in [0.15, 0.2) is 0 Å². The summed E-state index contributed by atoms with van der Waals surface area (Å²) >= 11 is 1.31. The standard InChI is InChI=1S/C8H10N2O3S/c1-10-3-2-5-6(4-10)14-7(9-5)13-8(11)12/h2-4H2,1H3,(H,11,12). The lowest BCUT2D eigenvalue weighted by Crippen LogP contribution is -2.25. The van der Waals surface area contributed by atoms with Gasteiger partial charge < -0.3 is 14.7 Å². The first kappa shape index (κ1) is 9.42. The van der Waals surface area contributed by atoms with Gasteiger partial charge in [-0.05, 0) is 7.05 Å². The molecule has 1 aromatic heterocycles. The molecule has 0 saturated carbocycles. The normalized spacial score (nSPS) is 16.4. The van der Waals surface area contributed by atoms with Crippen molar-refractivity contribution in [2.45, 2.75) is 13.0 Å². The number of thiazole rings is 1. The number of carbonyl (C=O) groups is 1. The number of aromatic nitrogens is 1. The van der Waals surface area contributed by atoms with Crippen molar-refractivity contribution >= 4 is 17.5 Å². The summed E-state index contributed by atoms with van der Waals surface area (Å²) in [4.78, 5) is 17.7. The molecular weight excluding hydrogens is 204 g/mol. The molecule has 5 nitrogen and oxygen atoms in total. The number of likely N-dealkylation sites (N-methyl/N-ethyl adjacent to an activating group) is 1. The Kier molecular flexibility index (Phi) is 2.39. The smallest absolute Gasteiger partial charge is 0.449 e. The Bertz CT molecular complexity index is 363. The van der Waals surface area contributed by atoms with E-state index in [2.05, 4.69) is 14.6 Å². The molecule has 0 radical (unpaired) electrons. The van der Waals surface area contributed by atoms with Crippen LogP contribution in [0, 0.1) is 0 Å². The number of nitrogens with zero attached hydrogens (tertiary/aromatic N) is 2. The number of fused-ring (bicyclic) bond motifs is 1. The van der Waals surface area contributed by atoms with Gasteiger partial charge in [0.2, 0.25) is 0 Å². The number of hydrogen-bond acceptors (Lipinski definition) is 5. The van der Waals surface area contributed by atoms with Gasteiger partial charge in [-0.1, -0.05) is 11.3 Å². The molecule has 0 unspecified atom stereocenters. The fourth-order valence-electron chi connectivity index (χ4n) is 1.42. The average Bonchev–Trinajstić information content (AvgIpc) is 2.44. The predicted molar refractivity (Wildman–Crippen MR) is 50.8 cm³/mol. The van der Waals surface area contributed by atoms with E-state index >= 15 is 0 Å². The van der Waals surface area contributed by atoms with Crippen molar-refractivity contribution in [2.24, 2.45) is 0 Å². The lowest BCUT2D eigenvalue weighted by atomic mass is 10.2. The monoisotopic (exact) mass is 214 g/mol. The Balaban J connectivity index is 2.19. The fraction of sp³-hybridized carbons (Fsp3) is 0.500. The molecule has 0 aliphatic carbocycles. The van der Waals surface area contributed by atoms with Crippen molar-refractivity contribution in [3.63, 3.8) is 0 Å². The van der Waals surface area contributed by atoms with Crippen LogP contribution in [0.4, 0.5) is 4.79 Å². The molecule has 0 fully saturated rings. The van der Waals surface area contributed by atoms with Crippen LogP contribution in [0.15, 0.2) is 0 Å². The van der Waals surface area contributed by atoms with Gasteiger partial charge in [0.25, 0.3) is 5.19 Å². The Morgan fingerprint density at radius 3 is 3.21 bits per heavy atom. The minimum atomic E-state index is -1.30.